The molecule has 0 saturated heterocycles. The maximum atomic E-state index is 5.13. The zero-order valence-electron chi connectivity index (χ0n) is 26.5. The van der Waals surface area contributed by atoms with Gasteiger partial charge in [-0.25, -0.2) is 0 Å². The Morgan fingerprint density at radius 1 is 0.490 bits per heavy atom. The number of hydrogen-bond donors (Lipinski definition) is 0. The molecule has 0 fully saturated rings. The summed E-state index contributed by atoms with van der Waals surface area (Å²) >= 11 is 1.86. The van der Waals surface area contributed by atoms with E-state index in [1.807, 2.05) is 17.5 Å². The SMILES string of the molecule is c1ccc(C2(c3ccccc3)c3cccnc3-c3cc4c5c(cccc5c32)N(c2ccc3sc5ccccc5c3c2)c2ccccc2-4)cc1. The molecule has 3 heterocycles. The normalized spacial score (nSPS) is 13.8. The number of fused-ring (bicyclic) bond motifs is 9. The third kappa shape index (κ3) is 3.52. The van der Waals surface area contributed by atoms with E-state index in [0.717, 1.165) is 5.69 Å². The van der Waals surface area contributed by atoms with Crippen LogP contribution in [0.3, 0.4) is 0 Å². The molecule has 0 spiro atoms. The smallest absolute Gasteiger partial charge is 0.0753 e. The Labute approximate surface area is 288 Å². The molecule has 0 unspecified atom stereocenters. The summed E-state index contributed by atoms with van der Waals surface area (Å²) in [5.41, 5.74) is 12.8. The number of rotatable bonds is 3. The van der Waals surface area contributed by atoms with Crippen LogP contribution < -0.4 is 4.90 Å². The number of para-hydroxylation sites is 1. The molecule has 0 bridgehead atoms. The van der Waals surface area contributed by atoms with Gasteiger partial charge in [-0.05, 0) is 81.7 Å². The van der Waals surface area contributed by atoms with Gasteiger partial charge in [0, 0.05) is 48.6 Å². The predicted molar refractivity (Wildman–Crippen MR) is 206 cm³/mol. The summed E-state index contributed by atoms with van der Waals surface area (Å²) in [4.78, 5) is 7.61. The van der Waals surface area contributed by atoms with Crippen LogP contribution in [0.5, 0.6) is 0 Å². The molecule has 0 radical (unpaired) electrons. The van der Waals surface area contributed by atoms with Crippen LogP contribution in [0.15, 0.2) is 170 Å². The molecule has 228 valence electrons. The van der Waals surface area contributed by atoms with Crippen LogP contribution in [-0.4, -0.2) is 4.98 Å². The van der Waals surface area contributed by atoms with E-state index in [9.17, 15) is 0 Å². The fraction of sp³-hybridized carbons (Fsp3) is 0.0217. The van der Waals surface area contributed by atoms with E-state index in [-0.39, 0.29) is 0 Å². The number of nitrogens with zero attached hydrogens (tertiary/aromatic N) is 2. The van der Waals surface area contributed by atoms with Gasteiger partial charge in [-0.15, -0.1) is 11.3 Å². The van der Waals surface area contributed by atoms with Crippen molar-refractivity contribution < 1.29 is 0 Å². The van der Waals surface area contributed by atoms with Gasteiger partial charge in [0.1, 0.15) is 0 Å². The van der Waals surface area contributed by atoms with Crippen LogP contribution in [0.4, 0.5) is 17.1 Å². The lowest BCUT2D eigenvalue weighted by atomic mass is 9.66. The Kier molecular flexibility index (Phi) is 5.50. The van der Waals surface area contributed by atoms with Crippen molar-refractivity contribution in [2.75, 3.05) is 4.90 Å². The summed E-state index contributed by atoms with van der Waals surface area (Å²) in [6.45, 7) is 0. The molecule has 2 nitrogen and oxygen atoms in total. The van der Waals surface area contributed by atoms with Crippen molar-refractivity contribution in [2.24, 2.45) is 0 Å². The predicted octanol–water partition coefficient (Wildman–Crippen LogP) is 12.4. The minimum atomic E-state index is -0.533. The van der Waals surface area contributed by atoms with Crippen LogP contribution in [0.2, 0.25) is 0 Å². The lowest BCUT2D eigenvalue weighted by Crippen LogP contribution is -2.29. The summed E-state index contributed by atoms with van der Waals surface area (Å²) in [5.74, 6) is 0. The average Bonchev–Trinajstić information content (AvgIpc) is 3.69. The Morgan fingerprint density at radius 2 is 1.18 bits per heavy atom. The number of pyridine rings is 1. The Hall–Kier alpha value is -6.03. The number of thiophene rings is 1. The molecule has 1 aliphatic carbocycles. The lowest BCUT2D eigenvalue weighted by Gasteiger charge is -2.37. The molecule has 9 aromatic rings. The first-order chi connectivity index (χ1) is 24.3. The fourth-order valence-electron chi connectivity index (χ4n) is 8.81. The van der Waals surface area contributed by atoms with E-state index in [4.69, 9.17) is 4.98 Å². The number of benzene rings is 7. The van der Waals surface area contributed by atoms with Crippen molar-refractivity contribution in [1.82, 2.24) is 4.98 Å². The molecule has 0 saturated carbocycles. The van der Waals surface area contributed by atoms with Crippen molar-refractivity contribution in [2.45, 2.75) is 5.41 Å². The lowest BCUT2D eigenvalue weighted by molar-refractivity contribution is 0.773. The summed E-state index contributed by atoms with van der Waals surface area (Å²) < 4.78 is 2.63. The molecule has 49 heavy (non-hydrogen) atoms. The first-order valence-electron chi connectivity index (χ1n) is 16.8. The van der Waals surface area contributed by atoms with Gasteiger partial charge in [0.05, 0.1) is 22.5 Å². The zero-order chi connectivity index (χ0) is 32.1. The quantitative estimate of drug-likeness (QED) is 0.191. The fourth-order valence-corrected chi connectivity index (χ4v) is 9.90. The third-order valence-electron chi connectivity index (χ3n) is 10.7. The molecule has 2 aromatic heterocycles. The van der Waals surface area contributed by atoms with E-state index in [1.54, 1.807) is 0 Å². The molecule has 11 rings (SSSR count). The highest BCUT2D eigenvalue weighted by molar-refractivity contribution is 7.25. The van der Waals surface area contributed by atoms with Crippen LogP contribution >= 0.6 is 11.3 Å². The second-order valence-electron chi connectivity index (χ2n) is 13.1. The molecule has 2 aliphatic rings. The summed E-state index contributed by atoms with van der Waals surface area (Å²) in [7, 11) is 0. The topological polar surface area (TPSA) is 16.1 Å². The number of aromatic nitrogens is 1. The highest BCUT2D eigenvalue weighted by Gasteiger charge is 2.48. The Bertz CT molecular complexity index is 2740. The first kappa shape index (κ1) is 27.0. The van der Waals surface area contributed by atoms with Crippen LogP contribution in [0.1, 0.15) is 22.3 Å². The van der Waals surface area contributed by atoms with E-state index >= 15 is 0 Å². The van der Waals surface area contributed by atoms with Crippen molar-refractivity contribution >= 4 is 59.3 Å². The van der Waals surface area contributed by atoms with Gasteiger partial charge < -0.3 is 4.90 Å². The maximum absolute atomic E-state index is 5.13. The highest BCUT2D eigenvalue weighted by Crippen LogP contribution is 2.61. The molecule has 0 amide bonds. The summed E-state index contributed by atoms with van der Waals surface area (Å²) in [6, 6.07) is 60.4. The van der Waals surface area contributed by atoms with Gasteiger partial charge >= 0.3 is 0 Å². The molecule has 0 N–H and O–H groups in total. The van der Waals surface area contributed by atoms with E-state index < -0.39 is 5.41 Å². The molecule has 3 heteroatoms. The monoisotopic (exact) mass is 640 g/mol. The molecule has 1 aliphatic heterocycles. The molecular formula is C46H28N2S. The van der Waals surface area contributed by atoms with Gasteiger partial charge in [-0.2, -0.15) is 0 Å². The molecule has 7 aromatic carbocycles. The highest BCUT2D eigenvalue weighted by atomic mass is 32.1. The van der Waals surface area contributed by atoms with Gasteiger partial charge in [-0.3, -0.25) is 4.98 Å². The van der Waals surface area contributed by atoms with Gasteiger partial charge in [-0.1, -0.05) is 115 Å². The maximum Gasteiger partial charge on any atom is 0.0753 e. The standard InChI is InChI=1S/C46H28N2S/c1-3-13-29(14-4-1)46(30-15-5-2-6-16-30)38-20-12-26-47-45(38)37-28-36-32-17-7-9-21-39(32)48(40-22-11-19-34(43(36)40)44(37)46)31-24-25-42-35(27-31)33-18-8-10-23-41(33)49-42/h1-28H. The van der Waals surface area contributed by atoms with E-state index in [0.29, 0.717) is 0 Å². The van der Waals surface area contributed by atoms with Crippen molar-refractivity contribution in [1.29, 1.82) is 0 Å². The van der Waals surface area contributed by atoms with Crippen molar-refractivity contribution in [3.05, 3.63) is 192 Å². The molecule has 0 atom stereocenters. The van der Waals surface area contributed by atoms with Crippen LogP contribution in [0, 0.1) is 0 Å². The van der Waals surface area contributed by atoms with E-state index in [1.165, 1.54) is 87.0 Å². The summed E-state index contributed by atoms with van der Waals surface area (Å²) in [6.07, 6.45) is 1.95. The second kappa shape index (κ2) is 9.99. The van der Waals surface area contributed by atoms with Gasteiger partial charge in [0.2, 0.25) is 0 Å². The largest absolute Gasteiger partial charge is 0.309 e. The zero-order valence-corrected chi connectivity index (χ0v) is 27.3. The van der Waals surface area contributed by atoms with Crippen molar-refractivity contribution in [3.8, 4) is 22.4 Å². The minimum Gasteiger partial charge on any atom is -0.309 e. The van der Waals surface area contributed by atoms with Crippen molar-refractivity contribution in [3.63, 3.8) is 0 Å². The minimum absolute atomic E-state index is 0.533. The first-order valence-corrected chi connectivity index (χ1v) is 17.6. The average molecular weight is 641 g/mol. The Balaban J connectivity index is 1.28. The number of hydrogen-bond acceptors (Lipinski definition) is 3. The molecular weight excluding hydrogens is 613 g/mol. The Morgan fingerprint density at radius 3 is 2.02 bits per heavy atom. The summed E-state index contributed by atoms with van der Waals surface area (Å²) in [5, 5.41) is 5.15. The van der Waals surface area contributed by atoms with Gasteiger partial charge in [0.15, 0.2) is 0 Å². The van der Waals surface area contributed by atoms with Crippen LogP contribution in [-0.2, 0) is 5.41 Å². The van der Waals surface area contributed by atoms with Gasteiger partial charge in [0.25, 0.3) is 0 Å². The van der Waals surface area contributed by atoms with Crippen LogP contribution in [0.25, 0.3) is 53.3 Å². The third-order valence-corrected chi connectivity index (χ3v) is 11.8. The van der Waals surface area contributed by atoms with E-state index in [2.05, 4.69) is 169 Å². The number of anilines is 3. The second-order valence-corrected chi connectivity index (χ2v) is 14.1.